The van der Waals surface area contributed by atoms with Crippen molar-refractivity contribution in [2.75, 3.05) is 63.3 Å². The number of aromatic nitrogens is 3. The second-order valence-electron chi connectivity index (χ2n) is 9.69. The third kappa shape index (κ3) is 4.72. The first-order valence-corrected chi connectivity index (χ1v) is 13.0. The number of H-pyrrole nitrogens is 1. The van der Waals surface area contributed by atoms with Crippen molar-refractivity contribution in [3.8, 4) is 11.1 Å². The fourth-order valence-electron chi connectivity index (χ4n) is 5.32. The van der Waals surface area contributed by atoms with Crippen molar-refractivity contribution in [3.63, 3.8) is 0 Å². The smallest absolute Gasteiger partial charge is 0.252 e. The Morgan fingerprint density at radius 3 is 2.68 bits per heavy atom. The van der Waals surface area contributed by atoms with E-state index in [0.29, 0.717) is 24.7 Å². The molecule has 3 N–H and O–H groups in total. The highest BCUT2D eigenvalue weighted by Gasteiger charge is 2.21. The molecule has 9 nitrogen and oxygen atoms in total. The number of hydrogen-bond acceptors (Lipinski definition) is 7. The van der Waals surface area contributed by atoms with Gasteiger partial charge in [0.2, 0.25) is 0 Å². The molecule has 1 aromatic carbocycles. The van der Waals surface area contributed by atoms with Gasteiger partial charge in [-0.1, -0.05) is 6.07 Å². The van der Waals surface area contributed by atoms with Crippen molar-refractivity contribution in [1.29, 1.82) is 0 Å². The molecule has 37 heavy (non-hydrogen) atoms. The van der Waals surface area contributed by atoms with Gasteiger partial charge in [-0.15, -0.1) is 0 Å². The number of amides is 1. The van der Waals surface area contributed by atoms with Crippen molar-refractivity contribution in [3.05, 3.63) is 48.4 Å². The van der Waals surface area contributed by atoms with Gasteiger partial charge in [-0.25, -0.2) is 4.98 Å². The molecule has 192 valence electrons. The topological polar surface area (TPSA) is 104 Å². The Morgan fingerprint density at radius 1 is 1.05 bits per heavy atom. The van der Waals surface area contributed by atoms with Crippen LogP contribution in [0.1, 0.15) is 23.2 Å². The van der Waals surface area contributed by atoms with E-state index >= 15 is 0 Å². The first kappa shape index (κ1) is 23.7. The number of aromatic amines is 1. The molecule has 0 unspecified atom stereocenters. The zero-order valence-electron chi connectivity index (χ0n) is 21.0. The fraction of sp³-hybridized carbons (Fsp3) is 0.393. The summed E-state index contributed by atoms with van der Waals surface area (Å²) in [6.45, 7) is 5.67. The SMILES string of the molecule is CNC(=O)c1cnc2[nH]cc(-c3ccc4ncc(NCC5CCOCC5)c(N5CCOCC5)c4c3)c2c1. The molecule has 0 bridgehead atoms. The van der Waals surface area contributed by atoms with Crippen LogP contribution in [0.25, 0.3) is 33.1 Å². The molecule has 9 heteroatoms. The number of carbonyl (C=O) groups excluding carboxylic acids is 1. The molecule has 2 aliphatic rings. The molecule has 4 aromatic rings. The first-order valence-electron chi connectivity index (χ1n) is 13.0. The highest BCUT2D eigenvalue weighted by Crippen LogP contribution is 2.38. The summed E-state index contributed by atoms with van der Waals surface area (Å²) in [5.41, 5.74) is 6.52. The molecule has 0 aliphatic carbocycles. The van der Waals surface area contributed by atoms with Crippen LogP contribution in [0, 0.1) is 5.92 Å². The lowest BCUT2D eigenvalue weighted by Gasteiger charge is -2.32. The van der Waals surface area contributed by atoms with E-state index in [4.69, 9.17) is 14.5 Å². The largest absolute Gasteiger partial charge is 0.382 e. The summed E-state index contributed by atoms with van der Waals surface area (Å²) in [6, 6.07) is 8.26. The zero-order chi connectivity index (χ0) is 25.2. The molecule has 0 radical (unpaired) electrons. The van der Waals surface area contributed by atoms with Gasteiger partial charge >= 0.3 is 0 Å². The van der Waals surface area contributed by atoms with Crippen LogP contribution < -0.4 is 15.5 Å². The Morgan fingerprint density at radius 2 is 1.86 bits per heavy atom. The van der Waals surface area contributed by atoms with Gasteiger partial charge in [0.05, 0.1) is 41.9 Å². The molecule has 3 aromatic heterocycles. The third-order valence-corrected chi connectivity index (χ3v) is 7.42. The minimum Gasteiger partial charge on any atom is -0.382 e. The summed E-state index contributed by atoms with van der Waals surface area (Å²) >= 11 is 0. The number of morpholine rings is 1. The summed E-state index contributed by atoms with van der Waals surface area (Å²) < 4.78 is 11.2. The molecular formula is C28H32N6O3. The molecule has 0 spiro atoms. The van der Waals surface area contributed by atoms with E-state index in [9.17, 15) is 4.79 Å². The van der Waals surface area contributed by atoms with Gasteiger partial charge in [-0.3, -0.25) is 9.78 Å². The van der Waals surface area contributed by atoms with Crippen molar-refractivity contribution < 1.29 is 14.3 Å². The lowest BCUT2D eigenvalue weighted by Crippen LogP contribution is -2.37. The fourth-order valence-corrected chi connectivity index (χ4v) is 5.32. The number of nitrogens with zero attached hydrogens (tertiary/aromatic N) is 3. The third-order valence-electron chi connectivity index (χ3n) is 7.42. The number of carbonyl (C=O) groups is 1. The van der Waals surface area contributed by atoms with Crippen molar-refractivity contribution in [1.82, 2.24) is 20.3 Å². The van der Waals surface area contributed by atoms with E-state index in [1.54, 1.807) is 13.2 Å². The number of benzene rings is 1. The van der Waals surface area contributed by atoms with Gasteiger partial charge in [-0.2, -0.15) is 0 Å². The Labute approximate surface area is 215 Å². The molecule has 5 heterocycles. The summed E-state index contributed by atoms with van der Waals surface area (Å²) in [5.74, 6) is 0.445. The van der Waals surface area contributed by atoms with Gasteiger partial charge < -0.3 is 30.0 Å². The van der Waals surface area contributed by atoms with E-state index in [2.05, 4.69) is 43.7 Å². The van der Waals surface area contributed by atoms with Gasteiger partial charge in [-0.05, 0) is 42.5 Å². The lowest BCUT2D eigenvalue weighted by atomic mass is 9.99. The Hall–Kier alpha value is -3.69. The van der Waals surface area contributed by atoms with Gasteiger partial charge in [0.15, 0.2) is 0 Å². The summed E-state index contributed by atoms with van der Waals surface area (Å²) in [6.07, 6.45) is 7.69. The van der Waals surface area contributed by atoms with Crippen molar-refractivity contribution >= 4 is 39.2 Å². The van der Waals surface area contributed by atoms with Crippen LogP contribution in [-0.2, 0) is 9.47 Å². The zero-order valence-corrected chi connectivity index (χ0v) is 21.0. The first-order chi connectivity index (χ1) is 18.2. The van der Waals surface area contributed by atoms with E-state index in [1.807, 2.05) is 18.5 Å². The van der Waals surface area contributed by atoms with Crippen LogP contribution in [0.4, 0.5) is 11.4 Å². The molecule has 2 saturated heterocycles. The van der Waals surface area contributed by atoms with E-state index in [0.717, 1.165) is 84.4 Å². The van der Waals surface area contributed by atoms with Gasteiger partial charge in [0.1, 0.15) is 5.65 Å². The molecular weight excluding hydrogens is 468 g/mol. The maximum Gasteiger partial charge on any atom is 0.252 e. The van der Waals surface area contributed by atoms with Crippen LogP contribution in [0.3, 0.4) is 0 Å². The van der Waals surface area contributed by atoms with Gasteiger partial charge in [0.25, 0.3) is 5.91 Å². The molecule has 2 fully saturated rings. The second kappa shape index (κ2) is 10.4. The Kier molecular flexibility index (Phi) is 6.63. The minimum absolute atomic E-state index is 0.154. The molecule has 6 rings (SSSR count). The maximum absolute atomic E-state index is 12.2. The van der Waals surface area contributed by atoms with E-state index in [1.165, 1.54) is 5.69 Å². The van der Waals surface area contributed by atoms with Crippen molar-refractivity contribution in [2.24, 2.45) is 5.92 Å². The highest BCUT2D eigenvalue weighted by atomic mass is 16.5. The summed E-state index contributed by atoms with van der Waals surface area (Å²) in [7, 11) is 1.63. The number of ether oxygens (including phenoxy) is 2. The van der Waals surface area contributed by atoms with Crippen molar-refractivity contribution in [2.45, 2.75) is 12.8 Å². The average Bonchev–Trinajstić information content (AvgIpc) is 3.39. The Bertz CT molecular complexity index is 1420. The summed E-state index contributed by atoms with van der Waals surface area (Å²) in [5, 5.41) is 8.41. The highest BCUT2D eigenvalue weighted by molar-refractivity contribution is 6.04. The monoisotopic (exact) mass is 500 g/mol. The van der Waals surface area contributed by atoms with Crippen LogP contribution in [-0.4, -0.2) is 74.0 Å². The van der Waals surface area contributed by atoms with Gasteiger partial charge in [0, 0.05) is 68.6 Å². The second-order valence-corrected chi connectivity index (χ2v) is 9.69. The maximum atomic E-state index is 12.2. The molecule has 0 atom stereocenters. The van der Waals surface area contributed by atoms with Crippen LogP contribution in [0.15, 0.2) is 42.9 Å². The Balaban J connectivity index is 1.43. The average molecular weight is 501 g/mol. The van der Waals surface area contributed by atoms with Crippen LogP contribution >= 0.6 is 0 Å². The molecule has 1 amide bonds. The summed E-state index contributed by atoms with van der Waals surface area (Å²) in [4.78, 5) is 27.2. The predicted molar refractivity (Wildman–Crippen MR) is 145 cm³/mol. The minimum atomic E-state index is -0.154. The van der Waals surface area contributed by atoms with E-state index in [-0.39, 0.29) is 5.91 Å². The normalized spacial score (nSPS) is 16.8. The lowest BCUT2D eigenvalue weighted by molar-refractivity contribution is 0.0699. The van der Waals surface area contributed by atoms with Crippen LogP contribution in [0.2, 0.25) is 0 Å². The number of hydrogen-bond donors (Lipinski definition) is 3. The molecule has 2 aliphatic heterocycles. The molecule has 0 saturated carbocycles. The van der Waals surface area contributed by atoms with Crippen LogP contribution in [0.5, 0.6) is 0 Å². The van der Waals surface area contributed by atoms with E-state index < -0.39 is 0 Å². The standard InChI is InChI=1S/C28H32N6O3/c1-29-28(35)20-13-21-23(16-33-27(21)32-15-20)19-2-3-24-22(12-19)26(34-6-10-37-11-7-34)25(17-31-24)30-14-18-4-8-36-9-5-18/h2-3,12-13,15-18,30H,4-11,14H2,1H3,(H,29,35)(H,32,33). The predicted octanol–water partition coefficient (Wildman–Crippen LogP) is 3.81. The number of fused-ring (bicyclic) bond motifs is 2. The number of nitrogens with one attached hydrogen (secondary N) is 3. The number of rotatable bonds is 6. The number of pyridine rings is 2. The number of anilines is 2. The quantitative estimate of drug-likeness (QED) is 0.370.